The van der Waals surface area contributed by atoms with E-state index < -0.39 is 41.6 Å². The molecule has 3 aliphatic heterocycles. The summed E-state index contributed by atoms with van der Waals surface area (Å²) >= 11 is 0. The standard InChI is InChI=1S/C24H33N3O6/c1-15(2)13-18-20(28)26-12-8-11-19(26)24(31)27(18)21(29)23(33-24,16(3)4)25-22(30)32-14-17-9-6-5-7-10-17/h5-7,9-10,15-16,18-19,31H,8,11-14H2,1-4H3,(H,25,30)/t18-,19+,23+,24-/m0/s1. The van der Waals surface area contributed by atoms with Crippen LogP contribution in [0.4, 0.5) is 4.79 Å². The summed E-state index contributed by atoms with van der Waals surface area (Å²) in [6.07, 6.45) is 0.762. The van der Waals surface area contributed by atoms with Crippen molar-refractivity contribution in [3.63, 3.8) is 0 Å². The Morgan fingerprint density at radius 3 is 2.58 bits per heavy atom. The molecule has 3 heterocycles. The zero-order valence-electron chi connectivity index (χ0n) is 19.6. The summed E-state index contributed by atoms with van der Waals surface area (Å²) in [6.45, 7) is 7.89. The van der Waals surface area contributed by atoms with Crippen molar-refractivity contribution in [1.29, 1.82) is 0 Å². The average molecular weight is 460 g/mol. The van der Waals surface area contributed by atoms with E-state index in [0.29, 0.717) is 25.8 Å². The molecule has 3 amide bonds. The van der Waals surface area contributed by atoms with Crippen molar-refractivity contribution in [2.75, 3.05) is 6.54 Å². The van der Waals surface area contributed by atoms with E-state index >= 15 is 0 Å². The van der Waals surface area contributed by atoms with Crippen LogP contribution in [0.5, 0.6) is 0 Å². The van der Waals surface area contributed by atoms with E-state index in [4.69, 9.17) is 9.47 Å². The van der Waals surface area contributed by atoms with Crippen molar-refractivity contribution in [3.8, 4) is 0 Å². The second-order valence-electron chi connectivity index (χ2n) is 9.85. The number of aliphatic hydroxyl groups is 1. The summed E-state index contributed by atoms with van der Waals surface area (Å²) < 4.78 is 11.5. The summed E-state index contributed by atoms with van der Waals surface area (Å²) in [5.41, 5.74) is -1.05. The molecular weight excluding hydrogens is 426 g/mol. The van der Waals surface area contributed by atoms with Crippen LogP contribution in [0.1, 0.15) is 52.5 Å². The second kappa shape index (κ2) is 8.61. The van der Waals surface area contributed by atoms with Gasteiger partial charge in [-0.3, -0.25) is 24.5 Å². The Labute approximate surface area is 194 Å². The molecule has 0 radical (unpaired) electrons. The van der Waals surface area contributed by atoms with E-state index in [0.717, 1.165) is 5.56 Å². The van der Waals surface area contributed by atoms with E-state index in [2.05, 4.69) is 5.32 Å². The van der Waals surface area contributed by atoms with Gasteiger partial charge in [0.1, 0.15) is 18.7 Å². The summed E-state index contributed by atoms with van der Waals surface area (Å²) in [4.78, 5) is 42.7. The lowest BCUT2D eigenvalue weighted by Gasteiger charge is -2.49. The van der Waals surface area contributed by atoms with Gasteiger partial charge in [0.2, 0.25) is 11.6 Å². The minimum atomic E-state index is -2.02. The average Bonchev–Trinajstić information content (AvgIpc) is 3.34. The van der Waals surface area contributed by atoms with Gasteiger partial charge in [-0.1, -0.05) is 58.0 Å². The normalized spacial score (nSPS) is 31.2. The number of benzene rings is 1. The minimum absolute atomic E-state index is 0.0217. The molecule has 0 saturated carbocycles. The molecule has 3 fully saturated rings. The van der Waals surface area contributed by atoms with Gasteiger partial charge in [-0.2, -0.15) is 0 Å². The fourth-order valence-electron chi connectivity index (χ4n) is 5.12. The largest absolute Gasteiger partial charge is 0.445 e. The maximum absolute atomic E-state index is 13.8. The fraction of sp³-hybridized carbons (Fsp3) is 0.625. The van der Waals surface area contributed by atoms with E-state index in [1.165, 1.54) is 4.90 Å². The van der Waals surface area contributed by atoms with Crippen molar-refractivity contribution in [1.82, 2.24) is 15.1 Å². The lowest BCUT2D eigenvalue weighted by Crippen LogP contribution is -2.71. The molecular formula is C24H33N3O6. The van der Waals surface area contributed by atoms with Gasteiger partial charge in [-0.15, -0.1) is 0 Å². The minimum Gasteiger partial charge on any atom is -0.445 e. The summed E-state index contributed by atoms with van der Waals surface area (Å²) in [5, 5.41) is 14.4. The number of alkyl carbamates (subject to hydrolysis) is 1. The molecule has 9 nitrogen and oxygen atoms in total. The van der Waals surface area contributed by atoms with Crippen molar-refractivity contribution in [2.45, 2.75) is 77.3 Å². The van der Waals surface area contributed by atoms with Crippen LogP contribution < -0.4 is 5.32 Å². The lowest BCUT2D eigenvalue weighted by molar-refractivity contribution is -0.322. The lowest BCUT2D eigenvalue weighted by atomic mass is 9.93. The van der Waals surface area contributed by atoms with E-state index in [1.54, 1.807) is 18.7 Å². The highest BCUT2D eigenvalue weighted by Crippen LogP contribution is 2.48. The zero-order chi connectivity index (χ0) is 24.0. The van der Waals surface area contributed by atoms with Gasteiger partial charge in [-0.05, 0) is 30.7 Å². The van der Waals surface area contributed by atoms with E-state index in [-0.39, 0.29) is 18.4 Å². The molecule has 2 N–H and O–H groups in total. The Bertz CT molecular complexity index is 922. The number of fused-ring (bicyclic) bond motifs is 3. The topological polar surface area (TPSA) is 108 Å². The van der Waals surface area contributed by atoms with E-state index in [9.17, 15) is 19.5 Å². The second-order valence-corrected chi connectivity index (χ2v) is 9.85. The van der Waals surface area contributed by atoms with Gasteiger partial charge in [0, 0.05) is 12.5 Å². The first kappa shape index (κ1) is 23.5. The number of nitrogens with zero attached hydrogens (tertiary/aromatic N) is 2. The Balaban J connectivity index is 1.64. The first-order chi connectivity index (χ1) is 15.6. The molecule has 1 aromatic rings. The third-order valence-corrected chi connectivity index (χ3v) is 6.77. The van der Waals surface area contributed by atoms with Gasteiger partial charge in [0.05, 0.1) is 0 Å². The summed E-state index contributed by atoms with van der Waals surface area (Å²) in [6, 6.07) is 7.64. The van der Waals surface area contributed by atoms with Crippen LogP contribution in [0.2, 0.25) is 0 Å². The Hall–Kier alpha value is -2.65. The highest BCUT2D eigenvalue weighted by atomic mass is 16.7. The van der Waals surface area contributed by atoms with Crippen LogP contribution in [0, 0.1) is 11.8 Å². The number of hydrogen-bond acceptors (Lipinski definition) is 6. The molecule has 4 rings (SSSR count). The van der Waals surface area contributed by atoms with Crippen molar-refractivity contribution in [2.24, 2.45) is 11.8 Å². The van der Waals surface area contributed by atoms with Crippen LogP contribution >= 0.6 is 0 Å². The quantitative estimate of drug-likeness (QED) is 0.675. The molecule has 0 aliphatic carbocycles. The molecule has 0 bridgehead atoms. The number of amides is 3. The van der Waals surface area contributed by atoms with Gasteiger partial charge in [0.15, 0.2) is 0 Å². The molecule has 9 heteroatoms. The molecule has 0 spiro atoms. The Kier molecular flexibility index (Phi) is 6.13. The zero-order valence-corrected chi connectivity index (χ0v) is 19.6. The van der Waals surface area contributed by atoms with Crippen LogP contribution in [0.15, 0.2) is 30.3 Å². The smallest absolute Gasteiger partial charge is 0.410 e. The maximum atomic E-state index is 13.8. The van der Waals surface area contributed by atoms with Gasteiger partial charge >= 0.3 is 6.09 Å². The Morgan fingerprint density at radius 2 is 1.94 bits per heavy atom. The van der Waals surface area contributed by atoms with Crippen LogP contribution in [-0.2, 0) is 25.7 Å². The summed E-state index contributed by atoms with van der Waals surface area (Å²) in [7, 11) is 0. The predicted octanol–water partition coefficient (Wildman–Crippen LogP) is 2.19. The number of ether oxygens (including phenoxy) is 2. The fourth-order valence-corrected chi connectivity index (χ4v) is 5.12. The molecule has 180 valence electrons. The molecule has 0 aromatic heterocycles. The molecule has 4 atom stereocenters. The van der Waals surface area contributed by atoms with Gasteiger partial charge in [-0.25, -0.2) is 4.79 Å². The molecule has 33 heavy (non-hydrogen) atoms. The highest BCUT2D eigenvalue weighted by molar-refractivity contribution is 5.96. The highest BCUT2D eigenvalue weighted by Gasteiger charge is 2.71. The van der Waals surface area contributed by atoms with Gasteiger partial charge < -0.3 is 14.7 Å². The third kappa shape index (κ3) is 3.87. The van der Waals surface area contributed by atoms with Gasteiger partial charge in [0.25, 0.3) is 11.8 Å². The Morgan fingerprint density at radius 1 is 1.24 bits per heavy atom. The number of hydrogen-bond donors (Lipinski definition) is 2. The van der Waals surface area contributed by atoms with Crippen LogP contribution in [-0.4, -0.2) is 63.1 Å². The maximum Gasteiger partial charge on any atom is 0.410 e. The van der Waals surface area contributed by atoms with Crippen molar-refractivity contribution < 1.29 is 29.0 Å². The number of nitrogens with one attached hydrogen (secondary N) is 1. The number of rotatable bonds is 6. The van der Waals surface area contributed by atoms with E-state index in [1.807, 2.05) is 44.2 Å². The predicted molar refractivity (Wildman–Crippen MR) is 118 cm³/mol. The number of piperazine rings is 1. The number of carbonyl (C=O) groups excluding carboxylic acids is 3. The van der Waals surface area contributed by atoms with Crippen molar-refractivity contribution in [3.05, 3.63) is 35.9 Å². The molecule has 0 unspecified atom stereocenters. The third-order valence-electron chi connectivity index (χ3n) is 6.77. The van der Waals surface area contributed by atoms with Crippen LogP contribution in [0.25, 0.3) is 0 Å². The molecule has 3 saturated heterocycles. The first-order valence-corrected chi connectivity index (χ1v) is 11.7. The SMILES string of the molecule is CC(C)C[C@H]1C(=O)N2CCC[C@@H]2[C@]2(O)O[C@](NC(=O)OCc3ccccc3)(C(C)C)C(=O)N12. The number of carbonyl (C=O) groups is 3. The first-order valence-electron chi connectivity index (χ1n) is 11.7. The van der Waals surface area contributed by atoms with Crippen molar-refractivity contribution >= 4 is 17.9 Å². The summed E-state index contributed by atoms with van der Waals surface area (Å²) in [5.74, 6) is -3.25. The molecule has 1 aromatic carbocycles. The van der Waals surface area contributed by atoms with Crippen LogP contribution in [0.3, 0.4) is 0 Å². The molecule has 3 aliphatic rings. The monoisotopic (exact) mass is 459 g/mol.